The molecule has 0 bridgehead atoms. The smallest absolute Gasteiger partial charge is 0.261 e. The maximum atomic E-state index is 13.5. The Bertz CT molecular complexity index is 1250. The summed E-state index contributed by atoms with van der Waals surface area (Å²) in [4.78, 5) is 30.0. The van der Waals surface area contributed by atoms with Gasteiger partial charge in [-0.05, 0) is 48.9 Å². The van der Waals surface area contributed by atoms with Crippen LogP contribution in [0.1, 0.15) is 12.5 Å². The van der Waals surface area contributed by atoms with E-state index in [0.29, 0.717) is 50.8 Å². The zero-order valence-electron chi connectivity index (χ0n) is 23.2. The molecule has 2 aromatic rings. The molecule has 2 fully saturated rings. The lowest BCUT2D eigenvalue weighted by Crippen LogP contribution is -2.50. The maximum absolute atomic E-state index is 13.5. The lowest BCUT2D eigenvalue weighted by atomic mass is 10.1. The number of sulfonamides is 1. The van der Waals surface area contributed by atoms with Crippen molar-refractivity contribution in [2.24, 2.45) is 0 Å². The molecule has 224 valence electrons. The van der Waals surface area contributed by atoms with Gasteiger partial charge in [0.05, 0.1) is 31.3 Å². The second-order valence-electron chi connectivity index (χ2n) is 9.85. The van der Waals surface area contributed by atoms with Gasteiger partial charge in [0.2, 0.25) is 15.9 Å². The zero-order valence-corrected chi connectivity index (χ0v) is 24.0. The first-order valence-electron chi connectivity index (χ1n) is 13.7. The molecule has 1 N–H and O–H groups in total. The summed E-state index contributed by atoms with van der Waals surface area (Å²) in [6, 6.07) is 10.8. The third kappa shape index (κ3) is 8.69. The Morgan fingerprint density at radius 2 is 1.59 bits per heavy atom. The monoisotopic (exact) mass is 592 g/mol. The molecule has 0 aromatic heterocycles. The van der Waals surface area contributed by atoms with Crippen LogP contribution in [0.25, 0.3) is 0 Å². The standard InChI is InChI=1S/C28H37FN4O7S/c1-22(28(35)30-10-11-31-12-16-38-17-13-31)33(20-23-2-4-24(29)5-3-23)27(34)21-40-25-6-8-26(9-7-25)41(36,37)32-14-18-39-19-15-32/h2-9,22H,10-21H2,1H3,(H,30,35)/t22-/m1/s1. The largest absolute Gasteiger partial charge is 0.484 e. The van der Waals surface area contributed by atoms with Crippen molar-refractivity contribution in [1.29, 1.82) is 0 Å². The van der Waals surface area contributed by atoms with Crippen molar-refractivity contribution in [2.45, 2.75) is 24.4 Å². The van der Waals surface area contributed by atoms with Crippen LogP contribution >= 0.6 is 0 Å². The van der Waals surface area contributed by atoms with Gasteiger partial charge < -0.3 is 24.4 Å². The molecule has 2 aliphatic rings. The Morgan fingerprint density at radius 3 is 2.22 bits per heavy atom. The molecule has 13 heteroatoms. The molecule has 2 aliphatic heterocycles. The molecule has 0 unspecified atom stereocenters. The number of halogens is 1. The summed E-state index contributed by atoms with van der Waals surface area (Å²) in [6.45, 7) is 6.66. The maximum Gasteiger partial charge on any atom is 0.261 e. The Hall–Kier alpha value is -3.10. The predicted molar refractivity (Wildman–Crippen MR) is 148 cm³/mol. The van der Waals surface area contributed by atoms with Crippen molar-refractivity contribution in [3.05, 3.63) is 59.9 Å². The number of nitrogens with zero attached hydrogens (tertiary/aromatic N) is 3. The van der Waals surface area contributed by atoms with E-state index in [1.165, 1.54) is 45.6 Å². The number of hydrogen-bond donors (Lipinski definition) is 1. The molecule has 0 aliphatic carbocycles. The fraction of sp³-hybridized carbons (Fsp3) is 0.500. The molecule has 2 aromatic carbocycles. The first-order chi connectivity index (χ1) is 19.7. The average Bonchev–Trinajstić information content (AvgIpc) is 3.00. The lowest BCUT2D eigenvalue weighted by Gasteiger charge is -2.30. The minimum absolute atomic E-state index is 0.0806. The Labute approximate surface area is 240 Å². The molecule has 41 heavy (non-hydrogen) atoms. The van der Waals surface area contributed by atoms with Gasteiger partial charge in [0, 0.05) is 45.8 Å². The Balaban J connectivity index is 1.37. The van der Waals surface area contributed by atoms with E-state index in [1.807, 2.05) is 0 Å². The summed E-state index contributed by atoms with van der Waals surface area (Å²) in [7, 11) is -3.65. The molecule has 1 atom stereocenters. The first-order valence-corrected chi connectivity index (χ1v) is 15.1. The van der Waals surface area contributed by atoms with Crippen LogP contribution in [0.15, 0.2) is 53.4 Å². The number of benzene rings is 2. The number of carbonyl (C=O) groups excluding carboxylic acids is 2. The topological polar surface area (TPSA) is 118 Å². The van der Waals surface area contributed by atoms with Gasteiger partial charge in [0.25, 0.3) is 5.91 Å². The van der Waals surface area contributed by atoms with Crippen LogP contribution in [-0.2, 0) is 35.6 Å². The number of carbonyl (C=O) groups is 2. The summed E-state index contributed by atoms with van der Waals surface area (Å²) >= 11 is 0. The van der Waals surface area contributed by atoms with Crippen LogP contribution in [-0.4, -0.2) is 113 Å². The number of rotatable bonds is 12. The molecule has 0 radical (unpaired) electrons. The van der Waals surface area contributed by atoms with E-state index in [1.54, 1.807) is 19.1 Å². The second-order valence-corrected chi connectivity index (χ2v) is 11.8. The highest BCUT2D eigenvalue weighted by atomic mass is 32.2. The zero-order chi connectivity index (χ0) is 29.2. The van der Waals surface area contributed by atoms with E-state index in [2.05, 4.69) is 10.2 Å². The predicted octanol–water partition coefficient (Wildman–Crippen LogP) is 1.09. The fourth-order valence-corrected chi connectivity index (χ4v) is 5.96. The van der Waals surface area contributed by atoms with Gasteiger partial charge in [-0.3, -0.25) is 14.5 Å². The number of ether oxygens (including phenoxy) is 3. The van der Waals surface area contributed by atoms with Crippen LogP contribution in [0.2, 0.25) is 0 Å². The van der Waals surface area contributed by atoms with E-state index < -0.39 is 27.8 Å². The Kier molecular flexibility index (Phi) is 11.1. The molecule has 0 spiro atoms. The minimum Gasteiger partial charge on any atom is -0.484 e. The third-order valence-corrected chi connectivity index (χ3v) is 8.97. The molecule has 11 nitrogen and oxygen atoms in total. The fourth-order valence-electron chi connectivity index (χ4n) is 4.55. The molecule has 2 heterocycles. The van der Waals surface area contributed by atoms with Crippen molar-refractivity contribution in [2.75, 3.05) is 72.3 Å². The highest BCUT2D eigenvalue weighted by Crippen LogP contribution is 2.21. The summed E-state index contributed by atoms with van der Waals surface area (Å²) in [5.41, 5.74) is 0.658. The summed E-state index contributed by atoms with van der Waals surface area (Å²) in [5.74, 6) is -0.854. The van der Waals surface area contributed by atoms with Crippen molar-refractivity contribution in [3.63, 3.8) is 0 Å². The van der Waals surface area contributed by atoms with Crippen LogP contribution in [0.4, 0.5) is 4.39 Å². The van der Waals surface area contributed by atoms with Crippen molar-refractivity contribution < 1.29 is 36.6 Å². The minimum atomic E-state index is -3.65. The van der Waals surface area contributed by atoms with Crippen LogP contribution in [0, 0.1) is 5.82 Å². The van der Waals surface area contributed by atoms with E-state index >= 15 is 0 Å². The van der Waals surface area contributed by atoms with Gasteiger partial charge in [0.15, 0.2) is 6.61 Å². The Morgan fingerprint density at radius 1 is 0.976 bits per heavy atom. The molecule has 0 saturated carbocycles. The number of morpholine rings is 2. The van der Waals surface area contributed by atoms with Gasteiger partial charge in [-0.15, -0.1) is 0 Å². The van der Waals surface area contributed by atoms with Crippen LogP contribution < -0.4 is 10.1 Å². The van der Waals surface area contributed by atoms with Crippen molar-refractivity contribution in [3.8, 4) is 5.75 Å². The normalized spacial score (nSPS) is 17.5. The van der Waals surface area contributed by atoms with Gasteiger partial charge in [-0.1, -0.05) is 12.1 Å². The lowest BCUT2D eigenvalue weighted by molar-refractivity contribution is -0.142. The molecule has 2 amide bonds. The van der Waals surface area contributed by atoms with Gasteiger partial charge in [0.1, 0.15) is 17.6 Å². The number of nitrogens with one attached hydrogen (secondary N) is 1. The average molecular weight is 593 g/mol. The van der Waals surface area contributed by atoms with Crippen molar-refractivity contribution >= 4 is 21.8 Å². The second kappa shape index (κ2) is 14.7. The molecular weight excluding hydrogens is 555 g/mol. The van der Waals surface area contributed by atoms with Crippen LogP contribution in [0.3, 0.4) is 0 Å². The van der Waals surface area contributed by atoms with Gasteiger partial charge in [-0.25, -0.2) is 12.8 Å². The molecular formula is C28H37FN4O7S. The number of hydrogen-bond acceptors (Lipinski definition) is 8. The third-order valence-electron chi connectivity index (χ3n) is 7.06. The van der Waals surface area contributed by atoms with Crippen LogP contribution in [0.5, 0.6) is 5.75 Å². The quantitative estimate of drug-likeness (QED) is 0.390. The SMILES string of the molecule is C[C@H](C(=O)NCCN1CCOCC1)N(Cc1ccc(F)cc1)C(=O)COc1ccc(S(=O)(=O)N2CCOCC2)cc1. The van der Waals surface area contributed by atoms with E-state index in [0.717, 1.165) is 13.1 Å². The highest BCUT2D eigenvalue weighted by Gasteiger charge is 2.28. The molecule has 2 saturated heterocycles. The van der Waals surface area contributed by atoms with E-state index in [-0.39, 0.29) is 37.0 Å². The number of amides is 2. The van der Waals surface area contributed by atoms with E-state index in [4.69, 9.17) is 14.2 Å². The highest BCUT2D eigenvalue weighted by molar-refractivity contribution is 7.89. The van der Waals surface area contributed by atoms with E-state index in [9.17, 15) is 22.4 Å². The summed E-state index contributed by atoms with van der Waals surface area (Å²) < 4.78 is 56.8. The summed E-state index contributed by atoms with van der Waals surface area (Å²) in [5, 5.41) is 2.90. The summed E-state index contributed by atoms with van der Waals surface area (Å²) in [6.07, 6.45) is 0. The van der Waals surface area contributed by atoms with Gasteiger partial charge >= 0.3 is 0 Å². The first kappa shape index (κ1) is 30.8. The van der Waals surface area contributed by atoms with Gasteiger partial charge in [-0.2, -0.15) is 4.31 Å². The van der Waals surface area contributed by atoms with Crippen molar-refractivity contribution in [1.82, 2.24) is 19.4 Å². The molecule has 4 rings (SSSR count).